The number of aliphatic hydroxyl groups excluding tert-OH is 1. The van der Waals surface area contributed by atoms with Gasteiger partial charge in [-0.3, -0.25) is 0 Å². The van der Waals surface area contributed by atoms with E-state index in [0.29, 0.717) is 5.92 Å². The lowest BCUT2D eigenvalue weighted by molar-refractivity contribution is -0.102. The Bertz CT molecular complexity index is 485. The lowest BCUT2D eigenvalue weighted by atomic mass is 9.80. The van der Waals surface area contributed by atoms with E-state index in [1.807, 2.05) is 23.9 Å². The summed E-state index contributed by atoms with van der Waals surface area (Å²) in [4.78, 5) is 0. The van der Waals surface area contributed by atoms with Crippen LogP contribution in [0.2, 0.25) is 0 Å². The minimum absolute atomic E-state index is 0.0326. The fraction of sp³-hybridized carbons (Fsp3) is 0.625. The second-order valence-electron chi connectivity index (χ2n) is 6.01. The van der Waals surface area contributed by atoms with Crippen molar-refractivity contribution in [1.29, 1.82) is 0 Å². The van der Waals surface area contributed by atoms with Crippen molar-refractivity contribution in [2.75, 3.05) is 18.1 Å². The number of aliphatic hydroxyl groups is 1. The highest BCUT2D eigenvalue weighted by atomic mass is 79.9. The highest BCUT2D eigenvalue weighted by Crippen LogP contribution is 2.45. The van der Waals surface area contributed by atoms with Gasteiger partial charge in [-0.05, 0) is 49.0 Å². The smallest absolute Gasteiger partial charge is 0.0831 e. The van der Waals surface area contributed by atoms with Gasteiger partial charge in [-0.15, -0.1) is 0 Å². The van der Waals surface area contributed by atoms with Crippen molar-refractivity contribution < 1.29 is 9.84 Å². The summed E-state index contributed by atoms with van der Waals surface area (Å²) in [6.45, 7) is 2.85. The Kier molecular flexibility index (Phi) is 4.46. The first-order chi connectivity index (χ1) is 9.61. The summed E-state index contributed by atoms with van der Waals surface area (Å²) in [5.41, 5.74) is 2.24. The first-order valence-electron chi connectivity index (χ1n) is 7.26. The molecule has 3 atom stereocenters. The predicted octanol–water partition coefficient (Wildman–Crippen LogP) is 4.09. The van der Waals surface area contributed by atoms with Crippen LogP contribution in [0.15, 0.2) is 22.7 Å². The van der Waals surface area contributed by atoms with Gasteiger partial charge in [-0.1, -0.05) is 34.1 Å². The number of benzene rings is 1. The van der Waals surface area contributed by atoms with Crippen molar-refractivity contribution in [3.63, 3.8) is 0 Å². The zero-order valence-corrected chi connectivity index (χ0v) is 14.2. The molecule has 0 aromatic heterocycles. The molecule has 0 amide bonds. The van der Waals surface area contributed by atoms with Gasteiger partial charge < -0.3 is 9.84 Å². The number of ether oxygens (including phenoxy) is 1. The zero-order valence-electron chi connectivity index (χ0n) is 11.8. The molecule has 0 aliphatic carbocycles. The number of rotatable bonds is 2. The lowest BCUT2D eigenvalue weighted by Crippen LogP contribution is -2.41. The Morgan fingerprint density at radius 1 is 1.50 bits per heavy atom. The maximum absolute atomic E-state index is 10.8. The summed E-state index contributed by atoms with van der Waals surface area (Å²) < 4.78 is 7.10. The Labute approximate surface area is 133 Å². The number of hydrogen-bond acceptors (Lipinski definition) is 3. The van der Waals surface area contributed by atoms with Crippen LogP contribution in [0.4, 0.5) is 0 Å². The minimum atomic E-state index is -0.393. The lowest BCUT2D eigenvalue weighted by Gasteiger charge is -2.39. The number of hydrogen-bond donors (Lipinski definition) is 1. The van der Waals surface area contributed by atoms with Crippen LogP contribution in [-0.4, -0.2) is 28.8 Å². The average molecular weight is 357 g/mol. The summed E-state index contributed by atoms with van der Waals surface area (Å²) >= 11 is 5.61. The van der Waals surface area contributed by atoms with Gasteiger partial charge in [-0.25, -0.2) is 0 Å². The molecule has 2 aliphatic rings. The van der Waals surface area contributed by atoms with Gasteiger partial charge >= 0.3 is 0 Å². The molecule has 0 saturated carbocycles. The Morgan fingerprint density at radius 3 is 3.10 bits per heavy atom. The van der Waals surface area contributed by atoms with E-state index >= 15 is 0 Å². The van der Waals surface area contributed by atoms with Gasteiger partial charge in [0, 0.05) is 16.8 Å². The summed E-state index contributed by atoms with van der Waals surface area (Å²) in [6, 6.07) is 6.13. The van der Waals surface area contributed by atoms with Crippen LogP contribution >= 0.6 is 27.7 Å². The fourth-order valence-electron chi connectivity index (χ4n) is 3.35. The summed E-state index contributed by atoms with van der Waals surface area (Å²) in [5, 5.41) is 10.8. The Morgan fingerprint density at radius 2 is 2.35 bits per heavy atom. The third-order valence-electron chi connectivity index (χ3n) is 4.59. The molecule has 4 heteroatoms. The van der Waals surface area contributed by atoms with Crippen molar-refractivity contribution in [1.82, 2.24) is 0 Å². The number of halogens is 1. The van der Waals surface area contributed by atoms with Crippen LogP contribution < -0.4 is 0 Å². The molecule has 2 aliphatic heterocycles. The molecule has 1 aromatic carbocycles. The molecular formula is C16H21BrO2S. The topological polar surface area (TPSA) is 29.5 Å². The van der Waals surface area contributed by atoms with E-state index in [1.54, 1.807) is 0 Å². The molecule has 2 nitrogen and oxygen atoms in total. The minimum Gasteiger partial charge on any atom is -0.388 e. The fourth-order valence-corrected chi connectivity index (χ4v) is 5.23. The van der Waals surface area contributed by atoms with Crippen molar-refractivity contribution >= 4 is 27.7 Å². The molecule has 3 rings (SSSR count). The molecule has 2 heterocycles. The summed E-state index contributed by atoms with van der Waals surface area (Å²) in [5.74, 6) is 2.59. The average Bonchev–Trinajstić information content (AvgIpc) is 2.89. The largest absolute Gasteiger partial charge is 0.388 e. The number of thioether (sulfide) groups is 1. The third kappa shape index (κ3) is 2.80. The predicted molar refractivity (Wildman–Crippen MR) is 87.2 cm³/mol. The quantitative estimate of drug-likeness (QED) is 0.864. The molecule has 110 valence electrons. The van der Waals surface area contributed by atoms with Gasteiger partial charge in [0.2, 0.25) is 0 Å². The Hall–Kier alpha value is -0.0300. The van der Waals surface area contributed by atoms with E-state index in [0.717, 1.165) is 41.7 Å². The second kappa shape index (κ2) is 5.99. The van der Waals surface area contributed by atoms with Gasteiger partial charge in [0.25, 0.3) is 0 Å². The van der Waals surface area contributed by atoms with E-state index in [4.69, 9.17) is 4.74 Å². The highest BCUT2D eigenvalue weighted by molar-refractivity contribution is 9.10. The van der Waals surface area contributed by atoms with Crippen molar-refractivity contribution in [2.24, 2.45) is 5.92 Å². The molecule has 1 spiro atoms. The van der Waals surface area contributed by atoms with Crippen LogP contribution in [0.3, 0.4) is 0 Å². The van der Waals surface area contributed by atoms with Crippen LogP contribution in [-0.2, 0) is 4.74 Å². The monoisotopic (exact) mass is 356 g/mol. The standard InChI is InChI=1S/C16H21BrO2S/c1-11-3-2-4-13(14(11)17)15(18)12-5-7-19-16(9-12)6-8-20-10-16/h2-4,12,15,18H,5-10H2,1H3. The van der Waals surface area contributed by atoms with Crippen molar-refractivity contribution in [2.45, 2.75) is 37.9 Å². The molecule has 3 unspecified atom stereocenters. The SMILES string of the molecule is Cc1cccc(C(O)C2CCOC3(CCSC3)C2)c1Br. The molecule has 1 N–H and O–H groups in total. The molecular weight excluding hydrogens is 336 g/mol. The number of aryl methyl sites for hydroxylation is 1. The molecule has 0 radical (unpaired) electrons. The maximum Gasteiger partial charge on any atom is 0.0831 e. The van der Waals surface area contributed by atoms with Crippen molar-refractivity contribution in [3.8, 4) is 0 Å². The van der Waals surface area contributed by atoms with Crippen molar-refractivity contribution in [3.05, 3.63) is 33.8 Å². The molecule has 2 fully saturated rings. The van der Waals surface area contributed by atoms with Gasteiger partial charge in [0.05, 0.1) is 11.7 Å². The molecule has 0 bridgehead atoms. The van der Waals surface area contributed by atoms with Crippen LogP contribution in [0.5, 0.6) is 0 Å². The summed E-state index contributed by atoms with van der Waals surface area (Å²) in [6.07, 6.45) is 2.68. The first-order valence-corrected chi connectivity index (χ1v) is 9.21. The third-order valence-corrected chi connectivity index (χ3v) is 6.89. The van der Waals surface area contributed by atoms with E-state index < -0.39 is 6.10 Å². The van der Waals surface area contributed by atoms with E-state index in [9.17, 15) is 5.11 Å². The van der Waals surface area contributed by atoms with E-state index in [1.165, 1.54) is 11.3 Å². The molecule has 1 aromatic rings. The second-order valence-corrected chi connectivity index (χ2v) is 7.91. The van der Waals surface area contributed by atoms with Crippen LogP contribution in [0, 0.1) is 12.8 Å². The highest BCUT2D eigenvalue weighted by Gasteiger charge is 2.42. The summed E-state index contributed by atoms with van der Waals surface area (Å²) in [7, 11) is 0. The molecule has 2 saturated heterocycles. The van der Waals surface area contributed by atoms with Gasteiger partial charge in [0.1, 0.15) is 0 Å². The normalized spacial score (nSPS) is 31.6. The van der Waals surface area contributed by atoms with E-state index in [-0.39, 0.29) is 5.60 Å². The molecule has 20 heavy (non-hydrogen) atoms. The van der Waals surface area contributed by atoms with Gasteiger partial charge in [0.15, 0.2) is 0 Å². The maximum atomic E-state index is 10.8. The van der Waals surface area contributed by atoms with Gasteiger partial charge in [-0.2, -0.15) is 11.8 Å². The zero-order chi connectivity index (χ0) is 14.2. The van der Waals surface area contributed by atoms with E-state index in [2.05, 4.69) is 28.9 Å². The Balaban J connectivity index is 1.79. The van der Waals surface area contributed by atoms with Crippen LogP contribution in [0.1, 0.15) is 36.5 Å². The van der Waals surface area contributed by atoms with Crippen LogP contribution in [0.25, 0.3) is 0 Å². The first kappa shape index (κ1) is 14.9.